The minimum atomic E-state index is -0.865. The number of carboxylic acid groups (broad SMARTS) is 1. The van der Waals surface area contributed by atoms with E-state index in [0.717, 1.165) is 40.6 Å². The van der Waals surface area contributed by atoms with Crippen molar-refractivity contribution in [3.8, 4) is 17.6 Å². The molecule has 0 aliphatic heterocycles. The summed E-state index contributed by atoms with van der Waals surface area (Å²) in [4.78, 5) is 11.1. The lowest BCUT2D eigenvalue weighted by Crippen LogP contribution is -2.09. The smallest absolute Gasteiger partial charge is 0.304 e. The first-order valence-electron chi connectivity index (χ1n) is 9.93. The summed E-state index contributed by atoms with van der Waals surface area (Å²) >= 11 is 0. The molecule has 1 unspecified atom stereocenters. The molecule has 0 saturated heterocycles. The van der Waals surface area contributed by atoms with Crippen LogP contribution < -0.4 is 4.74 Å². The molecule has 0 spiro atoms. The SMILES string of the molecule is CC#CC(CC(=O)O)c1ccc(O[C@@H](CCCOC)c2ccc3[nH]ncc3c2)cc1. The predicted octanol–water partition coefficient (Wildman–Crippen LogP) is 4.69. The van der Waals surface area contributed by atoms with E-state index >= 15 is 0 Å². The number of rotatable bonds is 10. The number of aromatic nitrogens is 2. The van der Waals surface area contributed by atoms with E-state index in [4.69, 9.17) is 14.6 Å². The second-order valence-corrected chi connectivity index (χ2v) is 7.07. The number of nitrogens with one attached hydrogen (secondary N) is 1. The van der Waals surface area contributed by atoms with Crippen LogP contribution in [-0.2, 0) is 9.53 Å². The Bertz CT molecular complexity index is 1030. The molecule has 6 heteroatoms. The maximum absolute atomic E-state index is 11.1. The summed E-state index contributed by atoms with van der Waals surface area (Å²) in [5, 5.41) is 17.2. The van der Waals surface area contributed by atoms with E-state index in [-0.39, 0.29) is 18.4 Å². The average Bonchev–Trinajstić information content (AvgIpc) is 3.21. The van der Waals surface area contributed by atoms with Gasteiger partial charge in [-0.05, 0) is 55.2 Å². The highest BCUT2D eigenvalue weighted by atomic mass is 16.5. The van der Waals surface area contributed by atoms with Gasteiger partial charge in [0.25, 0.3) is 0 Å². The fourth-order valence-corrected chi connectivity index (χ4v) is 3.41. The van der Waals surface area contributed by atoms with E-state index in [0.29, 0.717) is 6.61 Å². The van der Waals surface area contributed by atoms with Crippen LogP contribution in [0.25, 0.3) is 10.9 Å². The molecule has 2 N–H and O–H groups in total. The molecule has 1 aromatic heterocycles. The number of aliphatic carboxylic acids is 1. The summed E-state index contributed by atoms with van der Waals surface area (Å²) in [6.45, 7) is 2.38. The van der Waals surface area contributed by atoms with Gasteiger partial charge in [-0.3, -0.25) is 9.89 Å². The van der Waals surface area contributed by atoms with Crippen molar-refractivity contribution in [2.24, 2.45) is 0 Å². The molecule has 0 radical (unpaired) electrons. The van der Waals surface area contributed by atoms with E-state index < -0.39 is 5.97 Å². The van der Waals surface area contributed by atoms with Crippen molar-refractivity contribution in [2.45, 2.75) is 38.2 Å². The van der Waals surface area contributed by atoms with Crippen LogP contribution in [0.5, 0.6) is 5.75 Å². The number of aromatic amines is 1. The molecule has 0 saturated carbocycles. The van der Waals surface area contributed by atoms with Crippen molar-refractivity contribution in [1.82, 2.24) is 10.2 Å². The van der Waals surface area contributed by atoms with Crippen LogP contribution in [0, 0.1) is 11.8 Å². The number of carbonyl (C=O) groups is 1. The maximum atomic E-state index is 11.1. The van der Waals surface area contributed by atoms with Gasteiger partial charge in [-0.1, -0.05) is 24.1 Å². The third kappa shape index (κ3) is 5.62. The Balaban J connectivity index is 1.79. The number of benzene rings is 2. The van der Waals surface area contributed by atoms with Crippen molar-refractivity contribution in [3.63, 3.8) is 0 Å². The molecular weight excluding hydrogens is 380 g/mol. The Labute approximate surface area is 176 Å². The zero-order valence-electron chi connectivity index (χ0n) is 17.2. The summed E-state index contributed by atoms with van der Waals surface area (Å²) in [5.41, 5.74) is 2.93. The van der Waals surface area contributed by atoms with Crippen LogP contribution in [0.4, 0.5) is 0 Å². The van der Waals surface area contributed by atoms with Crippen molar-refractivity contribution in [3.05, 3.63) is 59.8 Å². The van der Waals surface area contributed by atoms with Gasteiger partial charge in [-0.15, -0.1) is 5.92 Å². The Morgan fingerprint density at radius 3 is 2.67 bits per heavy atom. The Morgan fingerprint density at radius 1 is 1.20 bits per heavy atom. The highest BCUT2D eigenvalue weighted by Crippen LogP contribution is 2.29. The van der Waals surface area contributed by atoms with E-state index in [2.05, 4.69) is 28.1 Å². The number of hydrogen-bond donors (Lipinski definition) is 2. The first-order valence-corrected chi connectivity index (χ1v) is 9.93. The standard InChI is InChI=1S/C24H26N2O4/c1-3-5-18(15-24(27)28)17-7-10-21(11-8-17)30-23(6-4-13-29-2)19-9-12-22-20(14-19)16-25-26-22/h7-12,14,16,18,23H,4,6,13,15H2,1-2H3,(H,25,26)(H,27,28)/t18?,23-/m0/s1. The molecule has 0 bridgehead atoms. The number of ether oxygens (including phenoxy) is 2. The first-order chi connectivity index (χ1) is 14.6. The van der Waals surface area contributed by atoms with E-state index in [1.165, 1.54) is 0 Å². The molecular formula is C24H26N2O4. The molecule has 2 atom stereocenters. The number of carboxylic acids is 1. The molecule has 3 aromatic rings. The third-order valence-electron chi connectivity index (χ3n) is 4.91. The quantitative estimate of drug-likeness (QED) is 0.377. The molecule has 156 valence electrons. The molecule has 6 nitrogen and oxygen atoms in total. The zero-order chi connectivity index (χ0) is 21.3. The average molecular weight is 406 g/mol. The van der Waals surface area contributed by atoms with Crippen LogP contribution in [-0.4, -0.2) is 35.0 Å². The van der Waals surface area contributed by atoms with Crippen molar-refractivity contribution in [1.29, 1.82) is 0 Å². The van der Waals surface area contributed by atoms with Crippen LogP contribution in [0.3, 0.4) is 0 Å². The second-order valence-electron chi connectivity index (χ2n) is 7.07. The van der Waals surface area contributed by atoms with Gasteiger partial charge in [0, 0.05) is 19.1 Å². The van der Waals surface area contributed by atoms with Gasteiger partial charge in [0.2, 0.25) is 0 Å². The molecule has 0 aliphatic carbocycles. The van der Waals surface area contributed by atoms with Crippen molar-refractivity contribution < 1.29 is 19.4 Å². The van der Waals surface area contributed by atoms with Crippen molar-refractivity contribution >= 4 is 16.9 Å². The van der Waals surface area contributed by atoms with E-state index in [9.17, 15) is 4.79 Å². The Hall–Kier alpha value is -3.30. The summed E-state index contributed by atoms with van der Waals surface area (Å²) in [6.07, 6.45) is 3.33. The Kier molecular flexibility index (Phi) is 7.47. The summed E-state index contributed by atoms with van der Waals surface area (Å²) < 4.78 is 11.5. The summed E-state index contributed by atoms with van der Waals surface area (Å²) in [6, 6.07) is 13.7. The van der Waals surface area contributed by atoms with Crippen LogP contribution in [0.1, 0.15) is 49.3 Å². The summed E-state index contributed by atoms with van der Waals surface area (Å²) in [7, 11) is 1.69. The molecule has 0 aliphatic rings. The minimum absolute atomic E-state index is 0.0224. The number of hydrogen-bond acceptors (Lipinski definition) is 4. The van der Waals surface area contributed by atoms with Gasteiger partial charge < -0.3 is 14.6 Å². The lowest BCUT2D eigenvalue weighted by molar-refractivity contribution is -0.137. The normalized spacial score (nSPS) is 12.7. The van der Waals surface area contributed by atoms with Crippen LogP contribution in [0.15, 0.2) is 48.7 Å². The van der Waals surface area contributed by atoms with Gasteiger partial charge in [-0.25, -0.2) is 0 Å². The van der Waals surface area contributed by atoms with Gasteiger partial charge in [-0.2, -0.15) is 5.10 Å². The minimum Gasteiger partial charge on any atom is -0.486 e. The largest absolute Gasteiger partial charge is 0.486 e. The highest BCUT2D eigenvalue weighted by Gasteiger charge is 2.16. The van der Waals surface area contributed by atoms with Crippen LogP contribution in [0.2, 0.25) is 0 Å². The van der Waals surface area contributed by atoms with Crippen molar-refractivity contribution in [2.75, 3.05) is 13.7 Å². The number of fused-ring (bicyclic) bond motifs is 1. The van der Waals surface area contributed by atoms with Gasteiger partial charge in [0.05, 0.1) is 24.1 Å². The lowest BCUT2D eigenvalue weighted by Gasteiger charge is -2.20. The fourth-order valence-electron chi connectivity index (χ4n) is 3.41. The monoisotopic (exact) mass is 406 g/mol. The van der Waals surface area contributed by atoms with Gasteiger partial charge in [0.1, 0.15) is 11.9 Å². The van der Waals surface area contributed by atoms with Gasteiger partial charge >= 0.3 is 5.97 Å². The molecule has 30 heavy (non-hydrogen) atoms. The molecule has 0 amide bonds. The third-order valence-corrected chi connectivity index (χ3v) is 4.91. The molecule has 1 heterocycles. The van der Waals surface area contributed by atoms with E-state index in [1.807, 2.05) is 36.4 Å². The number of nitrogens with zero attached hydrogens (tertiary/aromatic N) is 1. The zero-order valence-corrected chi connectivity index (χ0v) is 17.2. The highest BCUT2D eigenvalue weighted by molar-refractivity contribution is 5.78. The number of H-pyrrole nitrogens is 1. The molecule has 2 aromatic carbocycles. The lowest BCUT2D eigenvalue weighted by atomic mass is 9.96. The molecule has 3 rings (SSSR count). The van der Waals surface area contributed by atoms with Crippen LogP contribution >= 0.6 is 0 Å². The molecule has 0 fully saturated rings. The second kappa shape index (κ2) is 10.5. The van der Waals surface area contributed by atoms with Gasteiger partial charge in [0.15, 0.2) is 0 Å². The van der Waals surface area contributed by atoms with E-state index in [1.54, 1.807) is 20.2 Å². The predicted molar refractivity (Wildman–Crippen MR) is 115 cm³/mol. The number of methoxy groups -OCH3 is 1. The first kappa shape index (κ1) is 21.4. The summed E-state index contributed by atoms with van der Waals surface area (Å²) in [5.74, 6) is 5.32. The maximum Gasteiger partial charge on any atom is 0.304 e. The topological polar surface area (TPSA) is 84.4 Å². The fraction of sp³-hybridized carbons (Fsp3) is 0.333. The Morgan fingerprint density at radius 2 is 1.97 bits per heavy atom.